The Hall–Kier alpha value is -2.59. The van der Waals surface area contributed by atoms with Crippen molar-refractivity contribution in [1.29, 1.82) is 0 Å². The fraction of sp³-hybridized carbons (Fsp3) is 0.333. The zero-order valence-corrected chi connectivity index (χ0v) is 9.60. The van der Waals surface area contributed by atoms with Crippen molar-refractivity contribution in [1.82, 2.24) is 14.9 Å². The third-order valence-corrected chi connectivity index (χ3v) is 2.14. The molecule has 0 radical (unpaired) electrons. The SMILES string of the molecule is O=C(O)C(Cn1ccc(=O)[nH]c1=O)NC(=O)C(F)(F)F. The first-order valence-electron chi connectivity index (χ1n) is 5.01. The summed E-state index contributed by atoms with van der Waals surface area (Å²) in [5.41, 5.74) is -1.76. The number of H-pyrrole nitrogens is 1. The fourth-order valence-electron chi connectivity index (χ4n) is 1.21. The van der Waals surface area contributed by atoms with E-state index in [-0.39, 0.29) is 0 Å². The number of rotatable bonds is 4. The lowest BCUT2D eigenvalue weighted by Gasteiger charge is -2.16. The maximum Gasteiger partial charge on any atom is 0.471 e. The summed E-state index contributed by atoms with van der Waals surface area (Å²) in [7, 11) is 0. The molecule has 0 aliphatic carbocycles. The molecule has 1 unspecified atom stereocenters. The van der Waals surface area contributed by atoms with Crippen LogP contribution in [0.1, 0.15) is 0 Å². The second kappa shape index (κ2) is 5.59. The number of carboxylic acids is 1. The summed E-state index contributed by atoms with van der Waals surface area (Å²) in [6, 6.07) is -1.10. The summed E-state index contributed by atoms with van der Waals surface area (Å²) >= 11 is 0. The number of hydrogen-bond donors (Lipinski definition) is 3. The summed E-state index contributed by atoms with van der Waals surface area (Å²) < 4.78 is 36.7. The number of alkyl halides is 3. The molecule has 0 aromatic carbocycles. The first-order chi connectivity index (χ1) is 9.11. The van der Waals surface area contributed by atoms with Crippen LogP contribution in [-0.2, 0) is 16.1 Å². The number of carbonyl (C=O) groups is 2. The molecule has 1 rings (SSSR count). The first-order valence-corrected chi connectivity index (χ1v) is 5.01. The van der Waals surface area contributed by atoms with E-state index in [2.05, 4.69) is 0 Å². The highest BCUT2D eigenvalue weighted by molar-refractivity contribution is 5.86. The molecular weight excluding hydrogens is 287 g/mol. The van der Waals surface area contributed by atoms with Crippen LogP contribution < -0.4 is 16.6 Å². The third kappa shape index (κ3) is 3.96. The molecule has 8 nitrogen and oxygen atoms in total. The largest absolute Gasteiger partial charge is 0.480 e. The Morgan fingerprint density at radius 2 is 2.00 bits per heavy atom. The molecule has 0 aliphatic rings. The van der Waals surface area contributed by atoms with Gasteiger partial charge in [0.2, 0.25) is 0 Å². The van der Waals surface area contributed by atoms with E-state index in [4.69, 9.17) is 5.11 Å². The minimum Gasteiger partial charge on any atom is -0.480 e. The molecule has 110 valence electrons. The Kier molecular flexibility index (Phi) is 4.32. The maximum atomic E-state index is 12.0. The number of aromatic amines is 1. The van der Waals surface area contributed by atoms with Crippen LogP contribution in [0.2, 0.25) is 0 Å². The van der Waals surface area contributed by atoms with Crippen molar-refractivity contribution in [3.05, 3.63) is 33.1 Å². The van der Waals surface area contributed by atoms with Crippen molar-refractivity contribution in [3.63, 3.8) is 0 Å². The molecule has 1 atom stereocenters. The van der Waals surface area contributed by atoms with Gasteiger partial charge in [0.15, 0.2) is 0 Å². The number of nitrogens with one attached hydrogen (secondary N) is 2. The van der Waals surface area contributed by atoms with Gasteiger partial charge in [-0.15, -0.1) is 0 Å². The lowest BCUT2D eigenvalue weighted by Crippen LogP contribution is -2.50. The average Bonchev–Trinajstić information content (AvgIpc) is 2.29. The van der Waals surface area contributed by atoms with Crippen LogP contribution >= 0.6 is 0 Å². The molecule has 1 aromatic rings. The molecule has 1 aromatic heterocycles. The number of halogens is 3. The summed E-state index contributed by atoms with van der Waals surface area (Å²) in [6.45, 7) is -0.771. The van der Waals surface area contributed by atoms with Crippen LogP contribution in [0.15, 0.2) is 21.9 Å². The predicted molar refractivity (Wildman–Crippen MR) is 56.9 cm³/mol. The van der Waals surface area contributed by atoms with Crippen LogP contribution in [-0.4, -0.2) is 38.8 Å². The van der Waals surface area contributed by atoms with Crippen molar-refractivity contribution < 1.29 is 27.9 Å². The Labute approximate surface area is 107 Å². The lowest BCUT2D eigenvalue weighted by molar-refractivity contribution is -0.175. The van der Waals surface area contributed by atoms with E-state index < -0.39 is 41.9 Å². The van der Waals surface area contributed by atoms with Gasteiger partial charge in [-0.05, 0) is 0 Å². The van der Waals surface area contributed by atoms with Crippen molar-refractivity contribution >= 4 is 11.9 Å². The standard InChI is InChI=1S/C9H8F3N3O5/c10-9(11,12)7(19)13-4(6(17)18)3-15-2-1-5(16)14-8(15)20/h1-2,4H,3H2,(H,13,19)(H,17,18)(H,14,16,20). The van der Waals surface area contributed by atoms with Gasteiger partial charge in [-0.25, -0.2) is 9.59 Å². The maximum absolute atomic E-state index is 12.0. The molecule has 0 bridgehead atoms. The normalized spacial score (nSPS) is 12.8. The topological polar surface area (TPSA) is 121 Å². The minimum absolute atomic E-state index is 0.650. The van der Waals surface area contributed by atoms with E-state index in [1.165, 1.54) is 5.32 Å². The zero-order valence-electron chi connectivity index (χ0n) is 9.60. The van der Waals surface area contributed by atoms with Crippen LogP contribution in [0.3, 0.4) is 0 Å². The molecular formula is C9H8F3N3O5. The van der Waals surface area contributed by atoms with E-state index in [0.29, 0.717) is 4.57 Å². The van der Waals surface area contributed by atoms with Crippen LogP contribution in [0.5, 0.6) is 0 Å². The Balaban J connectivity index is 2.94. The molecule has 0 spiro atoms. The van der Waals surface area contributed by atoms with Crippen LogP contribution in [0.4, 0.5) is 13.2 Å². The summed E-state index contributed by atoms with van der Waals surface area (Å²) in [5.74, 6) is -4.21. The lowest BCUT2D eigenvalue weighted by atomic mass is 10.3. The molecule has 0 saturated heterocycles. The van der Waals surface area contributed by atoms with Gasteiger partial charge in [-0.1, -0.05) is 0 Å². The summed E-state index contributed by atoms with van der Waals surface area (Å²) in [5, 5.41) is 9.96. The van der Waals surface area contributed by atoms with E-state index >= 15 is 0 Å². The smallest absolute Gasteiger partial charge is 0.471 e. The second-order valence-electron chi connectivity index (χ2n) is 3.62. The molecule has 0 fully saturated rings. The van der Waals surface area contributed by atoms with Gasteiger partial charge in [-0.2, -0.15) is 13.2 Å². The summed E-state index contributed by atoms with van der Waals surface area (Å²) in [6.07, 6.45) is -4.35. The van der Waals surface area contributed by atoms with E-state index in [9.17, 15) is 32.3 Å². The predicted octanol–water partition coefficient (Wildman–Crippen LogP) is -1.33. The molecule has 0 aliphatic heterocycles. The fourth-order valence-corrected chi connectivity index (χ4v) is 1.21. The summed E-state index contributed by atoms with van der Waals surface area (Å²) in [4.78, 5) is 45.3. The van der Waals surface area contributed by atoms with Gasteiger partial charge >= 0.3 is 23.7 Å². The first kappa shape index (κ1) is 15.5. The van der Waals surface area contributed by atoms with Gasteiger partial charge in [-0.3, -0.25) is 19.1 Å². The molecule has 20 heavy (non-hydrogen) atoms. The monoisotopic (exact) mass is 295 g/mol. The van der Waals surface area contributed by atoms with Gasteiger partial charge in [0, 0.05) is 12.3 Å². The highest BCUT2D eigenvalue weighted by atomic mass is 19.4. The van der Waals surface area contributed by atoms with Crippen molar-refractivity contribution in [2.24, 2.45) is 0 Å². The van der Waals surface area contributed by atoms with E-state index in [1.807, 2.05) is 0 Å². The van der Waals surface area contributed by atoms with Crippen molar-refractivity contribution in [3.8, 4) is 0 Å². The Bertz CT molecular complexity index is 633. The van der Waals surface area contributed by atoms with Gasteiger partial charge < -0.3 is 10.4 Å². The van der Waals surface area contributed by atoms with Crippen LogP contribution in [0, 0.1) is 0 Å². The molecule has 3 N–H and O–H groups in total. The van der Waals surface area contributed by atoms with Gasteiger partial charge in [0.1, 0.15) is 6.04 Å². The van der Waals surface area contributed by atoms with Gasteiger partial charge in [0.05, 0.1) is 6.54 Å². The number of carbonyl (C=O) groups excluding carboxylic acids is 1. The Morgan fingerprint density at radius 3 is 2.45 bits per heavy atom. The highest BCUT2D eigenvalue weighted by Gasteiger charge is 2.40. The van der Waals surface area contributed by atoms with E-state index in [1.54, 1.807) is 4.98 Å². The molecule has 0 saturated carbocycles. The quantitative estimate of drug-likeness (QED) is 0.635. The number of carboxylic acid groups (broad SMARTS) is 1. The van der Waals surface area contributed by atoms with Gasteiger partial charge in [0.25, 0.3) is 5.56 Å². The Morgan fingerprint density at radius 1 is 1.40 bits per heavy atom. The van der Waals surface area contributed by atoms with Crippen molar-refractivity contribution in [2.45, 2.75) is 18.8 Å². The number of nitrogens with zero attached hydrogens (tertiary/aromatic N) is 1. The second-order valence-corrected chi connectivity index (χ2v) is 3.62. The zero-order chi connectivity index (χ0) is 15.5. The van der Waals surface area contributed by atoms with Crippen LogP contribution in [0.25, 0.3) is 0 Å². The molecule has 1 amide bonds. The number of amides is 1. The average molecular weight is 295 g/mol. The highest BCUT2D eigenvalue weighted by Crippen LogP contribution is 2.14. The third-order valence-electron chi connectivity index (χ3n) is 2.14. The number of aliphatic carboxylic acids is 1. The van der Waals surface area contributed by atoms with Crippen molar-refractivity contribution in [2.75, 3.05) is 0 Å². The number of hydrogen-bond acceptors (Lipinski definition) is 4. The molecule has 11 heteroatoms. The number of aromatic nitrogens is 2. The van der Waals surface area contributed by atoms with E-state index in [0.717, 1.165) is 12.3 Å². The minimum atomic E-state index is -5.25. The molecule has 1 heterocycles.